The Kier molecular flexibility index (Phi) is 2.69. The third-order valence-corrected chi connectivity index (χ3v) is 3.47. The Hall–Kier alpha value is -1.61. The topological polar surface area (TPSA) is 17.8 Å². The second-order valence-electron chi connectivity index (χ2n) is 3.90. The lowest BCUT2D eigenvalue weighted by molar-refractivity contribution is 1.09. The summed E-state index contributed by atoms with van der Waals surface area (Å²) in [5.74, 6) is 0. The Labute approximate surface area is 108 Å². The van der Waals surface area contributed by atoms with Crippen molar-refractivity contribution in [3.05, 3.63) is 60.4 Å². The molecule has 0 aliphatic heterocycles. The highest BCUT2D eigenvalue weighted by Crippen LogP contribution is 2.18. The van der Waals surface area contributed by atoms with Gasteiger partial charge in [-0.25, -0.2) is 4.98 Å². The van der Waals surface area contributed by atoms with Gasteiger partial charge < -0.3 is 0 Å². The number of imidazole rings is 1. The van der Waals surface area contributed by atoms with E-state index in [-0.39, 0.29) is 0 Å². The summed E-state index contributed by atoms with van der Waals surface area (Å²) >= 11 is 3.45. The van der Waals surface area contributed by atoms with E-state index in [1.807, 2.05) is 24.5 Å². The monoisotopic (exact) mass is 286 g/mol. The maximum Gasteiger partial charge on any atom is 0.100 e. The van der Waals surface area contributed by atoms with Crippen molar-refractivity contribution in [1.82, 2.24) is 9.55 Å². The molecule has 0 radical (unpaired) electrons. The first-order valence-electron chi connectivity index (χ1n) is 5.46. The van der Waals surface area contributed by atoms with Gasteiger partial charge in [0, 0.05) is 11.0 Å². The number of benzene rings is 2. The number of hydrogen-bond acceptors (Lipinski definition) is 1. The molecule has 0 aliphatic rings. The Morgan fingerprint density at radius 3 is 2.53 bits per heavy atom. The molecule has 3 aromatic rings. The molecule has 0 spiro atoms. The van der Waals surface area contributed by atoms with E-state index in [1.54, 1.807) is 0 Å². The van der Waals surface area contributed by atoms with Crippen LogP contribution in [-0.4, -0.2) is 9.55 Å². The van der Waals surface area contributed by atoms with Gasteiger partial charge in [0.05, 0.1) is 11.0 Å². The second-order valence-corrected chi connectivity index (χ2v) is 4.46. The molecule has 84 valence electrons. The Morgan fingerprint density at radius 1 is 1.00 bits per heavy atom. The fourth-order valence-corrected chi connectivity index (χ4v) is 2.28. The zero-order valence-corrected chi connectivity index (χ0v) is 10.8. The smallest absolute Gasteiger partial charge is 0.100 e. The van der Waals surface area contributed by atoms with Crippen LogP contribution in [0.2, 0.25) is 0 Å². The number of alkyl halides is 1. The van der Waals surface area contributed by atoms with Gasteiger partial charge in [0.2, 0.25) is 0 Å². The molecule has 0 aliphatic carbocycles. The minimum Gasteiger partial charge on any atom is -0.299 e. The van der Waals surface area contributed by atoms with Gasteiger partial charge in [-0.2, -0.15) is 0 Å². The van der Waals surface area contributed by atoms with Crippen LogP contribution in [0.1, 0.15) is 5.56 Å². The summed E-state index contributed by atoms with van der Waals surface area (Å²) in [6.45, 7) is 0. The highest BCUT2D eigenvalue weighted by atomic mass is 79.9. The summed E-state index contributed by atoms with van der Waals surface area (Å²) in [5, 5.41) is 0.887. The van der Waals surface area contributed by atoms with Crippen molar-refractivity contribution in [1.29, 1.82) is 0 Å². The molecule has 1 heterocycles. The van der Waals surface area contributed by atoms with Crippen LogP contribution in [0.25, 0.3) is 16.7 Å². The number of aromatic nitrogens is 2. The lowest BCUT2D eigenvalue weighted by Crippen LogP contribution is -1.91. The van der Waals surface area contributed by atoms with Crippen LogP contribution in [0.15, 0.2) is 54.9 Å². The molecule has 17 heavy (non-hydrogen) atoms. The van der Waals surface area contributed by atoms with E-state index >= 15 is 0 Å². The standard InChI is InChI=1S/C14H11BrN2/c15-9-11-5-7-12(8-6-11)17-10-16-13-3-1-2-4-14(13)17/h1-8,10H,9H2. The fourth-order valence-electron chi connectivity index (χ4n) is 1.91. The summed E-state index contributed by atoms with van der Waals surface area (Å²) < 4.78 is 2.10. The highest BCUT2D eigenvalue weighted by Gasteiger charge is 2.03. The third-order valence-electron chi connectivity index (χ3n) is 2.82. The van der Waals surface area contributed by atoms with Gasteiger partial charge in [0.15, 0.2) is 0 Å². The quantitative estimate of drug-likeness (QED) is 0.653. The lowest BCUT2D eigenvalue weighted by Gasteiger charge is -2.04. The van der Waals surface area contributed by atoms with Gasteiger partial charge in [-0.15, -0.1) is 0 Å². The Bertz CT molecular complexity index is 641. The summed E-state index contributed by atoms with van der Waals surface area (Å²) in [5.41, 5.74) is 4.58. The summed E-state index contributed by atoms with van der Waals surface area (Å²) in [7, 11) is 0. The zero-order chi connectivity index (χ0) is 11.7. The van der Waals surface area contributed by atoms with Gasteiger partial charge in [0.1, 0.15) is 6.33 Å². The first kappa shape index (κ1) is 10.5. The van der Waals surface area contributed by atoms with Crippen molar-refractivity contribution in [2.24, 2.45) is 0 Å². The van der Waals surface area contributed by atoms with Crippen molar-refractivity contribution in [2.75, 3.05) is 0 Å². The van der Waals surface area contributed by atoms with E-state index in [2.05, 4.69) is 55.8 Å². The van der Waals surface area contributed by atoms with E-state index in [4.69, 9.17) is 0 Å². The lowest BCUT2D eigenvalue weighted by atomic mass is 10.2. The normalized spacial score (nSPS) is 10.9. The van der Waals surface area contributed by atoms with Crippen molar-refractivity contribution < 1.29 is 0 Å². The van der Waals surface area contributed by atoms with E-state index in [1.165, 1.54) is 5.56 Å². The predicted molar refractivity (Wildman–Crippen MR) is 73.7 cm³/mol. The largest absolute Gasteiger partial charge is 0.299 e. The average molecular weight is 287 g/mol. The predicted octanol–water partition coefficient (Wildman–Crippen LogP) is 3.92. The third kappa shape index (κ3) is 1.87. The maximum absolute atomic E-state index is 4.39. The van der Waals surface area contributed by atoms with E-state index in [0.29, 0.717) is 0 Å². The van der Waals surface area contributed by atoms with Crippen LogP contribution in [0, 0.1) is 0 Å². The molecule has 0 amide bonds. The van der Waals surface area contributed by atoms with Crippen LogP contribution < -0.4 is 0 Å². The minimum absolute atomic E-state index is 0.887. The van der Waals surface area contributed by atoms with Gasteiger partial charge in [0.25, 0.3) is 0 Å². The molecule has 0 unspecified atom stereocenters. The fraction of sp³-hybridized carbons (Fsp3) is 0.0714. The van der Waals surface area contributed by atoms with Crippen LogP contribution in [0.3, 0.4) is 0 Å². The molecule has 0 bridgehead atoms. The number of rotatable bonds is 2. The number of nitrogens with zero attached hydrogens (tertiary/aromatic N) is 2. The molecule has 3 rings (SSSR count). The van der Waals surface area contributed by atoms with E-state index in [9.17, 15) is 0 Å². The van der Waals surface area contributed by atoms with Crippen LogP contribution >= 0.6 is 15.9 Å². The van der Waals surface area contributed by atoms with Gasteiger partial charge >= 0.3 is 0 Å². The Balaban J connectivity index is 2.13. The molecule has 0 atom stereocenters. The number of hydrogen-bond donors (Lipinski definition) is 0. The van der Waals surface area contributed by atoms with Crippen LogP contribution in [-0.2, 0) is 5.33 Å². The van der Waals surface area contributed by atoms with Gasteiger partial charge in [-0.05, 0) is 29.8 Å². The molecule has 0 N–H and O–H groups in total. The summed E-state index contributed by atoms with van der Waals surface area (Å²) in [4.78, 5) is 4.39. The molecule has 3 heteroatoms. The van der Waals surface area contributed by atoms with Crippen molar-refractivity contribution in [2.45, 2.75) is 5.33 Å². The molecular weight excluding hydrogens is 276 g/mol. The molecule has 0 fully saturated rings. The average Bonchev–Trinajstić information content (AvgIpc) is 2.83. The van der Waals surface area contributed by atoms with Gasteiger partial charge in [-0.3, -0.25) is 4.57 Å². The van der Waals surface area contributed by atoms with Gasteiger partial charge in [-0.1, -0.05) is 40.2 Å². The molecule has 0 saturated carbocycles. The number of halogens is 1. The number of para-hydroxylation sites is 2. The van der Waals surface area contributed by atoms with E-state index in [0.717, 1.165) is 22.1 Å². The molecular formula is C14H11BrN2. The van der Waals surface area contributed by atoms with Crippen LogP contribution in [0.4, 0.5) is 0 Å². The maximum atomic E-state index is 4.39. The van der Waals surface area contributed by atoms with Crippen LogP contribution in [0.5, 0.6) is 0 Å². The highest BCUT2D eigenvalue weighted by molar-refractivity contribution is 9.08. The van der Waals surface area contributed by atoms with Crippen molar-refractivity contribution >= 4 is 27.0 Å². The second kappa shape index (κ2) is 4.34. The van der Waals surface area contributed by atoms with Crippen molar-refractivity contribution in [3.8, 4) is 5.69 Å². The Morgan fingerprint density at radius 2 is 1.76 bits per heavy atom. The zero-order valence-electron chi connectivity index (χ0n) is 9.18. The molecule has 2 nitrogen and oxygen atoms in total. The summed E-state index contributed by atoms with van der Waals surface area (Å²) in [6, 6.07) is 16.6. The van der Waals surface area contributed by atoms with Crippen molar-refractivity contribution in [3.63, 3.8) is 0 Å². The minimum atomic E-state index is 0.887. The SMILES string of the molecule is BrCc1ccc(-n2cnc3ccccc32)cc1. The van der Waals surface area contributed by atoms with E-state index < -0.39 is 0 Å². The first-order valence-corrected chi connectivity index (χ1v) is 6.58. The summed E-state index contributed by atoms with van der Waals surface area (Å²) in [6.07, 6.45) is 1.87. The molecule has 1 aromatic heterocycles. The molecule has 0 saturated heterocycles. The number of fused-ring (bicyclic) bond motifs is 1. The molecule has 2 aromatic carbocycles. The first-order chi connectivity index (χ1) is 8.38.